The van der Waals surface area contributed by atoms with Crippen LogP contribution in [0, 0.1) is 18.8 Å². The number of carboxylic acid groups (broad SMARTS) is 1. The molecule has 4 heterocycles. The van der Waals surface area contributed by atoms with Crippen LogP contribution in [0.15, 0.2) is 116 Å². The van der Waals surface area contributed by atoms with E-state index < -0.39 is 58.8 Å². The number of ether oxygens (including phenoxy) is 1. The molecule has 5 aromatic rings. The summed E-state index contributed by atoms with van der Waals surface area (Å²) < 4.78 is 16.2. The number of anilines is 2. The summed E-state index contributed by atoms with van der Waals surface area (Å²) in [5.41, 5.74) is 2.65. The zero-order valence-electron chi connectivity index (χ0n) is 36.5. The van der Waals surface area contributed by atoms with Crippen molar-refractivity contribution in [2.24, 2.45) is 11.8 Å². The van der Waals surface area contributed by atoms with Gasteiger partial charge in [0.2, 0.25) is 34.3 Å². The number of carbonyl (C=O) groups excluding carboxylic acids is 5. The van der Waals surface area contributed by atoms with E-state index in [9.17, 15) is 33.9 Å². The van der Waals surface area contributed by atoms with Gasteiger partial charge in [-0.05, 0) is 116 Å². The molecular weight excluding hydrogens is 1000 g/mol. The highest BCUT2D eigenvalue weighted by Crippen LogP contribution is 2.59. The largest absolute Gasteiger partial charge is 0.478 e. The van der Waals surface area contributed by atoms with Gasteiger partial charge in [-0.2, -0.15) is 0 Å². The number of benzene rings is 5. The van der Waals surface area contributed by atoms with Crippen LogP contribution in [-0.2, 0) is 20.9 Å². The van der Waals surface area contributed by atoms with Gasteiger partial charge >= 0.3 is 5.97 Å². The fourth-order valence-corrected chi connectivity index (χ4v) is 11.2. The van der Waals surface area contributed by atoms with Gasteiger partial charge in [0.15, 0.2) is 0 Å². The zero-order valence-corrected chi connectivity index (χ0v) is 40.5. The number of nitrogens with zero attached hydrogens (tertiary/aromatic N) is 3. The minimum absolute atomic E-state index is 0.0244. The lowest BCUT2D eigenvalue weighted by atomic mass is 9.77. The Hall–Kier alpha value is -6.59. The molecule has 4 aromatic carbocycles. The molecule has 0 bridgehead atoms. The lowest BCUT2D eigenvalue weighted by molar-refractivity contribution is -0.127. The number of ketones is 2. The van der Waals surface area contributed by atoms with Crippen molar-refractivity contribution in [3.05, 3.63) is 155 Å². The molecule has 3 aliphatic heterocycles. The number of carboxylic acids is 1. The van der Waals surface area contributed by atoms with Crippen LogP contribution in [0.2, 0.25) is 0 Å². The number of imide groups is 1. The number of hydrogen-bond donors (Lipinski definition) is 2. The first kappa shape index (κ1) is 44.3. The predicted octanol–water partition coefficient (Wildman–Crippen LogP) is 8.52. The number of amides is 3. The zero-order chi connectivity index (χ0) is 47.4. The lowest BCUT2D eigenvalue weighted by Gasteiger charge is -2.27. The van der Waals surface area contributed by atoms with Crippen molar-refractivity contribution in [3.63, 3.8) is 0 Å². The molecule has 10 rings (SSSR count). The average molecular weight is 1040 g/mol. The molecule has 2 fully saturated rings. The normalized spacial score (nSPS) is 19.7. The molecule has 13 nitrogen and oxygen atoms in total. The summed E-state index contributed by atoms with van der Waals surface area (Å²) in [6.07, 6.45) is -1.08. The summed E-state index contributed by atoms with van der Waals surface area (Å²) in [7, 11) is 7.70. The van der Waals surface area contributed by atoms with Crippen molar-refractivity contribution in [1.82, 2.24) is 9.89 Å². The van der Waals surface area contributed by atoms with E-state index in [0.29, 0.717) is 49.0 Å². The number of thiophene rings is 1. The van der Waals surface area contributed by atoms with Crippen molar-refractivity contribution < 1.29 is 43.0 Å². The quantitative estimate of drug-likeness (QED) is 0.0652. The van der Waals surface area contributed by atoms with E-state index in [0.717, 1.165) is 36.6 Å². The van der Waals surface area contributed by atoms with E-state index in [2.05, 4.69) is 37.2 Å². The van der Waals surface area contributed by atoms with E-state index in [1.807, 2.05) is 74.1 Å². The van der Waals surface area contributed by atoms with Gasteiger partial charge in [-0.1, -0.05) is 24.3 Å². The monoisotopic (exact) mass is 1040 g/mol. The van der Waals surface area contributed by atoms with Crippen molar-refractivity contribution >= 4 is 101 Å². The predicted molar refractivity (Wildman–Crippen MR) is 260 cm³/mol. The van der Waals surface area contributed by atoms with Gasteiger partial charge < -0.3 is 24.5 Å². The third kappa shape index (κ3) is 6.99. The summed E-state index contributed by atoms with van der Waals surface area (Å²) in [5, 5.41) is 15.0. The second kappa shape index (κ2) is 16.3. The van der Waals surface area contributed by atoms with Gasteiger partial charge in [-0.15, -0.1) is 11.3 Å². The second-order valence-electron chi connectivity index (χ2n) is 17.3. The summed E-state index contributed by atoms with van der Waals surface area (Å²) in [6.45, 7) is 1.81. The summed E-state index contributed by atoms with van der Waals surface area (Å²) in [6, 6.07) is 29.4. The highest BCUT2D eigenvalue weighted by molar-refractivity contribution is 9.13. The van der Waals surface area contributed by atoms with Crippen molar-refractivity contribution in [2.75, 3.05) is 38.0 Å². The van der Waals surface area contributed by atoms with Crippen molar-refractivity contribution in [3.8, 4) is 22.5 Å². The van der Waals surface area contributed by atoms with E-state index in [-0.39, 0.29) is 33.8 Å². The number of aromatic carboxylic acids is 1. The molecule has 67 heavy (non-hydrogen) atoms. The molecule has 2 N–H and O–H groups in total. The van der Waals surface area contributed by atoms with Crippen LogP contribution in [0.3, 0.4) is 0 Å². The summed E-state index contributed by atoms with van der Waals surface area (Å²) >= 11 is 8.12. The Morgan fingerprint density at radius 3 is 2.27 bits per heavy atom. The molecule has 336 valence electrons. The Morgan fingerprint density at radius 1 is 0.836 bits per heavy atom. The molecule has 0 saturated carbocycles. The molecule has 2 saturated heterocycles. The fourth-order valence-electron chi connectivity index (χ4n) is 9.54. The Balaban J connectivity index is 0.923. The highest BCUT2D eigenvalue weighted by atomic mass is 79.9. The smallest absolute Gasteiger partial charge is 0.336 e. The minimum atomic E-state index is -2.20. The van der Waals surface area contributed by atoms with Crippen LogP contribution in [0.25, 0.3) is 33.4 Å². The molecule has 0 radical (unpaired) electrons. The number of aryl methyl sites for hydroxylation is 1. The van der Waals surface area contributed by atoms with Crippen molar-refractivity contribution in [2.45, 2.75) is 25.2 Å². The Kier molecular flexibility index (Phi) is 10.8. The molecule has 1 spiro atoms. The van der Waals surface area contributed by atoms with Crippen LogP contribution in [0.1, 0.15) is 62.9 Å². The van der Waals surface area contributed by atoms with Crippen LogP contribution in [0.4, 0.5) is 11.4 Å². The first-order valence-electron chi connectivity index (χ1n) is 21.1. The van der Waals surface area contributed by atoms with Gasteiger partial charge in [-0.3, -0.25) is 24.0 Å². The van der Waals surface area contributed by atoms with E-state index >= 15 is 0 Å². The van der Waals surface area contributed by atoms with E-state index in [1.165, 1.54) is 6.07 Å². The Bertz CT molecular complexity index is 3360. The third-order valence-electron chi connectivity index (χ3n) is 12.8. The maximum Gasteiger partial charge on any atom is 0.336 e. The Labute approximate surface area is 403 Å². The molecule has 4 atom stereocenters. The van der Waals surface area contributed by atoms with Crippen LogP contribution < -0.4 is 25.0 Å². The topological polar surface area (TPSA) is 167 Å². The van der Waals surface area contributed by atoms with Gasteiger partial charge in [0.25, 0.3) is 5.91 Å². The van der Waals surface area contributed by atoms with Crippen LogP contribution in [-0.4, -0.2) is 74.2 Å². The maximum atomic E-state index is 14.5. The highest BCUT2D eigenvalue weighted by Gasteiger charge is 2.75. The standard InChI is InChI=1S/C51H38Br2N4O9S/c1-24-18-35-44(67-24)46(59)51(45(35)58)42-41(43(66-51)26-9-17-36(52)37(53)20-26)48(61)57(49(42)62)28-10-6-25(7-11-28)23-54-47(60)27-8-14-31(34(19-27)50(63)64)40-32-15-12-29(55(2)3)21-38(32)65-39-22-30(56(4)5)13-16-33(39)40/h6-22,41-43H,23H2,1-5H3,(H-,54,60,63,64)/p+1/t41-,42-,43-,51?/m0/s1. The summed E-state index contributed by atoms with van der Waals surface area (Å²) in [5.74, 6) is -6.32. The van der Waals surface area contributed by atoms with Crippen LogP contribution >= 0.6 is 43.2 Å². The van der Waals surface area contributed by atoms with Crippen molar-refractivity contribution in [1.29, 1.82) is 0 Å². The van der Waals surface area contributed by atoms with Gasteiger partial charge in [0.05, 0.1) is 40.1 Å². The number of carbonyl (C=O) groups is 6. The fraction of sp³-hybridized carbons (Fsp3) is 0.196. The number of hydrogen-bond acceptors (Lipinski definition) is 10. The van der Waals surface area contributed by atoms with E-state index in [1.54, 1.807) is 67.6 Å². The number of Topliss-reactive ketones (excluding diaryl/α,β-unsaturated/α-hetero) is 2. The van der Waals surface area contributed by atoms with Gasteiger partial charge in [-0.25, -0.2) is 14.3 Å². The third-order valence-corrected chi connectivity index (χ3v) is 15.8. The second-order valence-corrected chi connectivity index (χ2v) is 20.2. The Morgan fingerprint density at radius 2 is 1.58 bits per heavy atom. The van der Waals surface area contributed by atoms with Gasteiger partial charge in [0, 0.05) is 79.9 Å². The molecule has 1 aromatic heterocycles. The average Bonchev–Trinajstić information content (AvgIpc) is 4.01. The summed E-state index contributed by atoms with van der Waals surface area (Å²) in [4.78, 5) is 88.1. The number of nitrogens with one attached hydrogen (secondary N) is 1. The lowest BCUT2D eigenvalue weighted by Crippen LogP contribution is -2.51. The number of fused-ring (bicyclic) bond motifs is 5. The SMILES string of the molecule is Cc1cc2c(s1)C(=O)C1(O[C@@H](c3ccc(Br)c(Br)c3)[C@H]3C(=O)N(c4ccc(CNC(=O)c5ccc(-c6c7ccc(=[N+](C)C)cc-7oc7cc(N(C)C)ccc67)c(C(=O)O)c5)cc4)C(=O)[C@H]31)C2=O. The molecule has 3 amide bonds. The van der Waals surface area contributed by atoms with Gasteiger partial charge in [0.1, 0.15) is 25.4 Å². The van der Waals surface area contributed by atoms with E-state index in [4.69, 9.17) is 9.15 Å². The number of rotatable bonds is 8. The first-order valence-corrected chi connectivity index (χ1v) is 23.5. The molecule has 5 aliphatic rings. The maximum absolute atomic E-state index is 14.5. The minimum Gasteiger partial charge on any atom is -0.478 e. The molecule has 2 aliphatic carbocycles. The molecule has 1 unspecified atom stereocenters. The van der Waals surface area contributed by atoms with Crippen LogP contribution in [0.5, 0.6) is 0 Å². The molecular formula is C51H39Br2N4O9S+. The molecule has 16 heteroatoms. The first-order chi connectivity index (χ1) is 32.0. The number of halogens is 2.